The van der Waals surface area contributed by atoms with Crippen molar-refractivity contribution in [3.05, 3.63) is 23.5 Å². The van der Waals surface area contributed by atoms with Gasteiger partial charge >= 0.3 is 0 Å². The highest BCUT2D eigenvalue weighted by molar-refractivity contribution is 5.33. The van der Waals surface area contributed by atoms with Crippen molar-refractivity contribution in [2.75, 3.05) is 0 Å². The van der Waals surface area contributed by atoms with Crippen molar-refractivity contribution in [3.8, 4) is 5.75 Å². The third-order valence-corrected chi connectivity index (χ3v) is 10.8. The van der Waals surface area contributed by atoms with Crippen LogP contribution in [-0.4, -0.2) is 27.3 Å². The zero-order chi connectivity index (χ0) is 22.1. The number of aromatic nitrogens is 1. The van der Waals surface area contributed by atoms with Crippen LogP contribution in [0.2, 0.25) is 0 Å². The molecule has 4 nitrogen and oxygen atoms in total. The molecule has 0 amide bonds. The molecule has 0 saturated heterocycles. The van der Waals surface area contributed by atoms with E-state index in [1.807, 2.05) is 19.2 Å². The molecule has 1 heterocycles. The molecule has 5 rings (SSSR count). The second kappa shape index (κ2) is 7.45. The molecule has 31 heavy (non-hydrogen) atoms. The number of aliphatic hydroxyl groups excluding tert-OH is 1. The van der Waals surface area contributed by atoms with E-state index in [9.17, 15) is 10.2 Å². The average Bonchev–Trinajstić information content (AvgIpc) is 2.98. The lowest BCUT2D eigenvalue weighted by Crippen LogP contribution is -2.54. The van der Waals surface area contributed by atoms with Gasteiger partial charge in [0.1, 0.15) is 5.75 Å². The standard InChI is InChI=1S/C27H42N2O2/c1-15-11-23(31)25(29-14-15)16(2)24-22(30)13-21-19-6-5-17-12-18(28)7-9-26(17,3)20(19)8-10-27(21,24)4/h11,14,16-22,24,30-31H,5-10,12-13,28H2,1-4H3/t16-,17-,18-,19+,20-,21-,22+,24-,26-,27-/m0/s1. The van der Waals surface area contributed by atoms with Gasteiger partial charge in [-0.25, -0.2) is 0 Å². The molecule has 4 aliphatic rings. The molecule has 0 aromatic carbocycles. The summed E-state index contributed by atoms with van der Waals surface area (Å²) in [6.45, 7) is 9.15. The van der Waals surface area contributed by atoms with Crippen molar-refractivity contribution in [1.82, 2.24) is 4.98 Å². The molecule has 10 atom stereocenters. The second-order valence-electron chi connectivity index (χ2n) is 12.3. The quantitative estimate of drug-likeness (QED) is 0.610. The fourth-order valence-corrected chi connectivity index (χ4v) is 9.33. The Labute approximate surface area is 188 Å². The van der Waals surface area contributed by atoms with Crippen molar-refractivity contribution < 1.29 is 10.2 Å². The highest BCUT2D eigenvalue weighted by Gasteiger charge is 2.63. The van der Waals surface area contributed by atoms with Crippen LogP contribution in [0.5, 0.6) is 5.75 Å². The lowest BCUT2D eigenvalue weighted by molar-refractivity contribution is -0.115. The maximum atomic E-state index is 11.4. The molecule has 0 radical (unpaired) electrons. The maximum absolute atomic E-state index is 11.4. The van der Waals surface area contributed by atoms with Gasteiger partial charge in [-0.05, 0) is 110 Å². The molecule has 4 saturated carbocycles. The molecule has 0 unspecified atom stereocenters. The van der Waals surface area contributed by atoms with Crippen LogP contribution in [0, 0.1) is 47.3 Å². The number of aliphatic hydroxyl groups is 1. The highest BCUT2D eigenvalue weighted by atomic mass is 16.3. The monoisotopic (exact) mass is 426 g/mol. The Balaban J connectivity index is 1.44. The van der Waals surface area contributed by atoms with Gasteiger partial charge in [-0.1, -0.05) is 20.8 Å². The SMILES string of the molecule is Cc1cnc([C@@H](C)[C@H]2[C@H](O)C[C@H]3[C@@H]4CC[C@H]5C[C@@H](N)CC[C@]5(C)[C@H]4CC[C@]23C)c(O)c1. The number of fused-ring (bicyclic) bond motifs is 5. The topological polar surface area (TPSA) is 79.4 Å². The number of rotatable bonds is 2. The first-order chi connectivity index (χ1) is 14.6. The van der Waals surface area contributed by atoms with Gasteiger partial charge < -0.3 is 15.9 Å². The van der Waals surface area contributed by atoms with Gasteiger partial charge in [0.15, 0.2) is 0 Å². The van der Waals surface area contributed by atoms with E-state index in [0.717, 1.165) is 35.4 Å². The minimum Gasteiger partial charge on any atom is -0.506 e. The zero-order valence-corrected chi connectivity index (χ0v) is 19.8. The Bertz CT molecular complexity index is 843. The van der Waals surface area contributed by atoms with Gasteiger partial charge in [-0.3, -0.25) is 4.98 Å². The summed E-state index contributed by atoms with van der Waals surface area (Å²) in [6.07, 6.45) is 11.2. The smallest absolute Gasteiger partial charge is 0.137 e. The van der Waals surface area contributed by atoms with E-state index in [1.54, 1.807) is 0 Å². The molecule has 0 spiro atoms. The van der Waals surface area contributed by atoms with Crippen LogP contribution < -0.4 is 5.73 Å². The van der Waals surface area contributed by atoms with E-state index < -0.39 is 0 Å². The van der Waals surface area contributed by atoms with Crippen LogP contribution in [0.1, 0.15) is 89.3 Å². The molecule has 4 heteroatoms. The first-order valence-electron chi connectivity index (χ1n) is 12.7. The normalized spacial score (nSPS) is 47.9. The van der Waals surface area contributed by atoms with E-state index >= 15 is 0 Å². The Morgan fingerprint density at radius 2 is 1.81 bits per heavy atom. The van der Waals surface area contributed by atoms with Crippen LogP contribution in [0.4, 0.5) is 0 Å². The number of aryl methyl sites for hydroxylation is 1. The molecule has 4 fully saturated rings. The summed E-state index contributed by atoms with van der Waals surface area (Å²) in [7, 11) is 0. The average molecular weight is 427 g/mol. The van der Waals surface area contributed by atoms with Crippen molar-refractivity contribution in [3.63, 3.8) is 0 Å². The minimum absolute atomic E-state index is 0.0572. The minimum atomic E-state index is -0.309. The summed E-state index contributed by atoms with van der Waals surface area (Å²) in [4.78, 5) is 4.61. The van der Waals surface area contributed by atoms with E-state index in [2.05, 4.69) is 25.8 Å². The number of hydrogen-bond donors (Lipinski definition) is 3. The van der Waals surface area contributed by atoms with Gasteiger partial charge in [0.05, 0.1) is 11.8 Å². The van der Waals surface area contributed by atoms with Gasteiger partial charge in [0.2, 0.25) is 0 Å². The van der Waals surface area contributed by atoms with Crippen LogP contribution in [0.15, 0.2) is 12.3 Å². The molecular weight excluding hydrogens is 384 g/mol. The molecule has 1 aromatic heterocycles. The largest absolute Gasteiger partial charge is 0.506 e. The molecule has 4 aliphatic carbocycles. The Morgan fingerprint density at radius 3 is 2.55 bits per heavy atom. The maximum Gasteiger partial charge on any atom is 0.137 e. The van der Waals surface area contributed by atoms with Gasteiger partial charge in [-0.2, -0.15) is 0 Å². The number of pyridine rings is 1. The first-order valence-corrected chi connectivity index (χ1v) is 12.7. The van der Waals surface area contributed by atoms with Crippen LogP contribution in [-0.2, 0) is 0 Å². The molecule has 1 aromatic rings. The van der Waals surface area contributed by atoms with Gasteiger partial charge in [0.25, 0.3) is 0 Å². The summed E-state index contributed by atoms with van der Waals surface area (Å²) in [5.74, 6) is 3.37. The molecule has 4 N–H and O–H groups in total. The van der Waals surface area contributed by atoms with Gasteiger partial charge in [-0.15, -0.1) is 0 Å². The van der Waals surface area contributed by atoms with Crippen LogP contribution in [0.3, 0.4) is 0 Å². The number of nitrogens with two attached hydrogens (primary N) is 1. The first kappa shape index (κ1) is 21.7. The Hall–Kier alpha value is -1.13. The van der Waals surface area contributed by atoms with Gasteiger partial charge in [0, 0.05) is 18.2 Å². The third-order valence-electron chi connectivity index (χ3n) is 10.8. The number of aromatic hydroxyl groups is 1. The number of nitrogens with zero attached hydrogens (tertiary/aromatic N) is 1. The zero-order valence-electron chi connectivity index (χ0n) is 19.8. The van der Waals surface area contributed by atoms with E-state index in [4.69, 9.17) is 5.73 Å². The Kier molecular flexibility index (Phi) is 5.21. The summed E-state index contributed by atoms with van der Waals surface area (Å²) >= 11 is 0. The van der Waals surface area contributed by atoms with Crippen molar-refractivity contribution in [2.24, 2.45) is 46.2 Å². The third kappa shape index (κ3) is 3.19. The second-order valence-corrected chi connectivity index (χ2v) is 12.3. The van der Waals surface area contributed by atoms with Crippen LogP contribution in [0.25, 0.3) is 0 Å². The molecule has 172 valence electrons. The lowest BCUT2D eigenvalue weighted by Gasteiger charge is -2.61. The van der Waals surface area contributed by atoms with E-state index in [-0.39, 0.29) is 29.1 Å². The predicted octanol–water partition coefficient (Wildman–Crippen LogP) is 5.16. The fourth-order valence-electron chi connectivity index (χ4n) is 9.33. The van der Waals surface area contributed by atoms with Crippen molar-refractivity contribution >= 4 is 0 Å². The summed E-state index contributed by atoms with van der Waals surface area (Å²) in [5.41, 5.74) is 8.65. The molecular formula is C27H42N2O2. The van der Waals surface area contributed by atoms with Crippen LogP contribution >= 0.6 is 0 Å². The fraction of sp³-hybridized carbons (Fsp3) is 0.815. The Morgan fingerprint density at radius 1 is 1.06 bits per heavy atom. The number of hydrogen-bond acceptors (Lipinski definition) is 4. The van der Waals surface area contributed by atoms with E-state index in [0.29, 0.717) is 17.4 Å². The van der Waals surface area contributed by atoms with Crippen molar-refractivity contribution in [1.29, 1.82) is 0 Å². The summed E-state index contributed by atoms with van der Waals surface area (Å²) in [6, 6.07) is 2.21. The van der Waals surface area contributed by atoms with E-state index in [1.165, 1.54) is 44.9 Å². The van der Waals surface area contributed by atoms with Crippen molar-refractivity contribution in [2.45, 2.75) is 97.1 Å². The lowest BCUT2D eigenvalue weighted by atomic mass is 9.44. The predicted molar refractivity (Wildman–Crippen MR) is 124 cm³/mol. The molecule has 0 aliphatic heterocycles. The summed E-state index contributed by atoms with van der Waals surface area (Å²) in [5, 5.41) is 22.0. The summed E-state index contributed by atoms with van der Waals surface area (Å²) < 4.78 is 0. The molecule has 0 bridgehead atoms. The highest BCUT2D eigenvalue weighted by Crippen LogP contribution is 2.68.